The van der Waals surface area contributed by atoms with E-state index in [1.165, 1.54) is 10.9 Å². The molecular weight excluding hydrogens is 439 g/mol. The first-order valence-electron chi connectivity index (χ1n) is 11.6. The molecule has 1 aromatic heterocycles. The second kappa shape index (κ2) is 9.44. The number of alkyl halides is 1. The normalized spacial score (nSPS) is 21.9. The molecule has 2 aliphatic heterocycles. The fourth-order valence-electron chi connectivity index (χ4n) is 5.32. The van der Waals surface area contributed by atoms with E-state index in [0.29, 0.717) is 0 Å². The summed E-state index contributed by atoms with van der Waals surface area (Å²) in [5.41, 5.74) is 5.57. The van der Waals surface area contributed by atoms with Crippen LogP contribution in [0.1, 0.15) is 29.8 Å². The molecule has 2 aromatic carbocycles. The zero-order valence-corrected chi connectivity index (χ0v) is 19.7. The number of halogens is 1. The molecule has 176 valence electrons. The van der Waals surface area contributed by atoms with E-state index in [1.54, 1.807) is 0 Å². The van der Waals surface area contributed by atoms with Crippen molar-refractivity contribution >= 4 is 27.3 Å². The van der Waals surface area contributed by atoms with Gasteiger partial charge in [0.1, 0.15) is 5.88 Å². The van der Waals surface area contributed by atoms with E-state index in [9.17, 15) is 12.8 Å². The topological polar surface area (TPSA) is 68.4 Å². The standard InChI is InChI=1S/C25H31FN4O2S/c1-17-12-22-21-4-2-3-5-23(21)28-24(22)25(30(17)16-33(31)32)19-6-8-20(9-7-19)27-10-11-29-14-18(13-26)15-29/h2-9,17-18,25,27-28,33H,10-16H2,1H3/t17-,25-/m1/s1. The summed E-state index contributed by atoms with van der Waals surface area (Å²) >= 11 is 0. The lowest BCUT2D eigenvalue weighted by Gasteiger charge is -2.39. The van der Waals surface area contributed by atoms with Gasteiger partial charge in [0.05, 0.1) is 12.7 Å². The Balaban J connectivity index is 1.37. The smallest absolute Gasteiger partial charge is 0.153 e. The molecule has 3 aromatic rings. The monoisotopic (exact) mass is 470 g/mol. The number of nitrogens with one attached hydrogen (secondary N) is 2. The molecule has 6 nitrogen and oxygen atoms in total. The van der Waals surface area contributed by atoms with E-state index in [4.69, 9.17) is 0 Å². The molecule has 2 aliphatic rings. The van der Waals surface area contributed by atoms with Gasteiger partial charge in [0.25, 0.3) is 0 Å². The third kappa shape index (κ3) is 4.52. The van der Waals surface area contributed by atoms with Crippen LogP contribution < -0.4 is 5.32 Å². The SMILES string of the molecule is C[C@@H]1Cc2c([nH]c3ccccc23)[C@@H](c2ccc(NCCN3CC(CF)C3)cc2)N1C[SH](=O)=O. The van der Waals surface area contributed by atoms with Gasteiger partial charge in [-0.3, -0.25) is 9.29 Å². The predicted octanol–water partition coefficient (Wildman–Crippen LogP) is 3.39. The Kier molecular flexibility index (Phi) is 6.40. The molecule has 0 saturated carbocycles. The summed E-state index contributed by atoms with van der Waals surface area (Å²) in [6.45, 7) is 5.30. The van der Waals surface area contributed by atoms with Crippen molar-refractivity contribution in [3.8, 4) is 0 Å². The number of H-pyrrole nitrogens is 1. The number of aromatic amines is 1. The van der Waals surface area contributed by atoms with Crippen LogP contribution in [-0.2, 0) is 17.1 Å². The lowest BCUT2D eigenvalue weighted by molar-refractivity contribution is 0.0856. The van der Waals surface area contributed by atoms with E-state index in [0.717, 1.165) is 55.1 Å². The van der Waals surface area contributed by atoms with Crippen LogP contribution >= 0.6 is 0 Å². The number of hydrogen-bond acceptors (Lipinski definition) is 5. The van der Waals surface area contributed by atoms with Crippen LogP contribution in [0.25, 0.3) is 10.9 Å². The lowest BCUT2D eigenvalue weighted by atomic mass is 9.89. The first-order chi connectivity index (χ1) is 16.0. The van der Waals surface area contributed by atoms with Gasteiger partial charge >= 0.3 is 0 Å². The van der Waals surface area contributed by atoms with Crippen LogP contribution in [0.2, 0.25) is 0 Å². The molecule has 2 N–H and O–H groups in total. The second-order valence-electron chi connectivity index (χ2n) is 9.34. The summed E-state index contributed by atoms with van der Waals surface area (Å²) in [6, 6.07) is 16.6. The molecule has 0 aliphatic carbocycles. The molecule has 1 fully saturated rings. The van der Waals surface area contributed by atoms with E-state index in [1.807, 2.05) is 6.07 Å². The third-order valence-corrected chi connectivity index (χ3v) is 7.59. The maximum atomic E-state index is 12.6. The van der Waals surface area contributed by atoms with Crippen molar-refractivity contribution in [2.75, 3.05) is 44.0 Å². The summed E-state index contributed by atoms with van der Waals surface area (Å²) in [4.78, 5) is 7.92. The van der Waals surface area contributed by atoms with E-state index >= 15 is 0 Å². The molecule has 1 saturated heterocycles. The highest BCUT2D eigenvalue weighted by molar-refractivity contribution is 7.72. The summed E-state index contributed by atoms with van der Waals surface area (Å²) in [6.07, 6.45) is 0.818. The number of likely N-dealkylation sites (tertiary alicyclic amines) is 1. The summed E-state index contributed by atoms with van der Waals surface area (Å²) in [5.74, 6) is 0.245. The van der Waals surface area contributed by atoms with Crippen molar-refractivity contribution in [2.24, 2.45) is 5.92 Å². The van der Waals surface area contributed by atoms with Gasteiger partial charge in [0, 0.05) is 60.4 Å². The molecule has 8 heteroatoms. The second-order valence-corrected chi connectivity index (χ2v) is 10.3. The highest BCUT2D eigenvalue weighted by atomic mass is 32.2. The maximum absolute atomic E-state index is 12.6. The molecule has 33 heavy (non-hydrogen) atoms. The highest BCUT2D eigenvalue weighted by Crippen LogP contribution is 2.40. The minimum absolute atomic E-state index is 0.0334. The zero-order valence-electron chi connectivity index (χ0n) is 18.8. The van der Waals surface area contributed by atoms with Crippen LogP contribution in [-0.4, -0.2) is 68.0 Å². The van der Waals surface area contributed by atoms with Crippen molar-refractivity contribution in [1.82, 2.24) is 14.8 Å². The number of nitrogens with zero attached hydrogens (tertiary/aromatic N) is 2. The summed E-state index contributed by atoms with van der Waals surface area (Å²) in [5, 5.41) is 4.66. The van der Waals surface area contributed by atoms with Gasteiger partial charge in [-0.15, -0.1) is 0 Å². The van der Waals surface area contributed by atoms with Crippen molar-refractivity contribution < 1.29 is 12.8 Å². The van der Waals surface area contributed by atoms with Crippen LogP contribution in [0, 0.1) is 5.92 Å². The molecule has 0 radical (unpaired) electrons. The third-order valence-electron chi connectivity index (χ3n) is 7.03. The first-order valence-corrected chi connectivity index (χ1v) is 13.0. The zero-order chi connectivity index (χ0) is 22.9. The van der Waals surface area contributed by atoms with Crippen LogP contribution in [0.15, 0.2) is 48.5 Å². The Morgan fingerprint density at radius 1 is 1.12 bits per heavy atom. The Bertz CT molecular complexity index is 1180. The van der Waals surface area contributed by atoms with Gasteiger partial charge in [0.2, 0.25) is 0 Å². The van der Waals surface area contributed by atoms with E-state index < -0.39 is 10.7 Å². The number of rotatable bonds is 8. The molecular formula is C25H31FN4O2S. The van der Waals surface area contributed by atoms with Gasteiger partial charge in [-0.2, -0.15) is 0 Å². The Morgan fingerprint density at radius 2 is 1.88 bits per heavy atom. The molecule has 3 heterocycles. The van der Waals surface area contributed by atoms with Gasteiger partial charge in [-0.1, -0.05) is 30.3 Å². The number of benzene rings is 2. The maximum Gasteiger partial charge on any atom is 0.153 e. The largest absolute Gasteiger partial charge is 0.384 e. The Hall–Kier alpha value is -2.42. The summed E-state index contributed by atoms with van der Waals surface area (Å²) in [7, 11) is -2.53. The van der Waals surface area contributed by atoms with Crippen molar-refractivity contribution in [3.05, 3.63) is 65.4 Å². The van der Waals surface area contributed by atoms with Crippen molar-refractivity contribution in [2.45, 2.75) is 25.4 Å². The number of hydrogen-bond donors (Lipinski definition) is 3. The number of para-hydroxylation sites is 1. The van der Waals surface area contributed by atoms with Gasteiger partial charge < -0.3 is 15.2 Å². The van der Waals surface area contributed by atoms with Crippen molar-refractivity contribution in [3.63, 3.8) is 0 Å². The first kappa shape index (κ1) is 22.4. The van der Waals surface area contributed by atoms with Crippen LogP contribution in [0.5, 0.6) is 0 Å². The average Bonchev–Trinajstić information content (AvgIpc) is 3.14. The predicted molar refractivity (Wildman–Crippen MR) is 131 cm³/mol. The molecule has 0 bridgehead atoms. The minimum Gasteiger partial charge on any atom is -0.384 e. The molecule has 5 rings (SSSR count). The van der Waals surface area contributed by atoms with E-state index in [2.05, 4.69) is 69.5 Å². The Labute approximate surface area is 195 Å². The molecule has 2 atom stereocenters. The number of fused-ring (bicyclic) bond motifs is 3. The molecule has 0 unspecified atom stereocenters. The quantitative estimate of drug-likeness (QED) is 0.441. The van der Waals surface area contributed by atoms with Gasteiger partial charge in [0.15, 0.2) is 10.7 Å². The summed E-state index contributed by atoms with van der Waals surface area (Å²) < 4.78 is 36.0. The Morgan fingerprint density at radius 3 is 2.61 bits per heavy atom. The van der Waals surface area contributed by atoms with E-state index in [-0.39, 0.29) is 30.6 Å². The molecule has 0 amide bonds. The number of thiol groups is 1. The lowest BCUT2D eigenvalue weighted by Crippen LogP contribution is -2.49. The number of anilines is 1. The number of aromatic nitrogens is 1. The fraction of sp³-hybridized carbons (Fsp3) is 0.440. The van der Waals surface area contributed by atoms with Gasteiger partial charge in [-0.25, -0.2) is 8.42 Å². The van der Waals surface area contributed by atoms with Crippen LogP contribution in [0.3, 0.4) is 0 Å². The van der Waals surface area contributed by atoms with Crippen LogP contribution in [0.4, 0.5) is 10.1 Å². The minimum atomic E-state index is -2.53. The average molecular weight is 471 g/mol. The van der Waals surface area contributed by atoms with Gasteiger partial charge in [-0.05, 0) is 42.7 Å². The highest BCUT2D eigenvalue weighted by Gasteiger charge is 2.36. The fourth-order valence-corrected chi connectivity index (χ4v) is 6.03. The van der Waals surface area contributed by atoms with Crippen molar-refractivity contribution in [1.29, 1.82) is 0 Å². The molecule has 0 spiro atoms.